The molecule has 1 aromatic carbocycles. The standard InChI is InChI=1S/C16H16N4O2S/c1-23(21,22)11-14(12-5-3-2-4-6-12)19-15-8-7-13-16(20-15)18-10-9-17-13/h2-10,14H,11H2,1H3,(H,18,19,20)/t14-/m1/s1. The maximum absolute atomic E-state index is 11.7. The highest BCUT2D eigenvalue weighted by molar-refractivity contribution is 7.90. The number of nitrogens with one attached hydrogen (secondary N) is 1. The summed E-state index contributed by atoms with van der Waals surface area (Å²) in [7, 11) is -3.15. The van der Waals surface area contributed by atoms with Crippen molar-refractivity contribution < 1.29 is 8.42 Å². The molecule has 3 aromatic rings. The Hall–Kier alpha value is -2.54. The van der Waals surface area contributed by atoms with Crippen LogP contribution in [0.25, 0.3) is 11.2 Å². The molecule has 1 N–H and O–H groups in total. The van der Waals surface area contributed by atoms with E-state index in [1.165, 1.54) is 6.26 Å². The Labute approximate surface area is 134 Å². The van der Waals surface area contributed by atoms with Crippen LogP contribution in [0, 0.1) is 0 Å². The lowest BCUT2D eigenvalue weighted by Crippen LogP contribution is -2.21. The number of fused-ring (bicyclic) bond motifs is 1. The van der Waals surface area contributed by atoms with Gasteiger partial charge in [0.1, 0.15) is 21.2 Å². The van der Waals surface area contributed by atoms with E-state index in [-0.39, 0.29) is 11.8 Å². The summed E-state index contributed by atoms with van der Waals surface area (Å²) in [5.74, 6) is 0.549. The van der Waals surface area contributed by atoms with E-state index in [0.717, 1.165) is 5.56 Å². The summed E-state index contributed by atoms with van der Waals surface area (Å²) in [4.78, 5) is 12.7. The summed E-state index contributed by atoms with van der Waals surface area (Å²) in [6, 6.07) is 12.6. The molecule has 0 saturated heterocycles. The lowest BCUT2D eigenvalue weighted by molar-refractivity contribution is 0.597. The van der Waals surface area contributed by atoms with E-state index in [4.69, 9.17) is 0 Å². The monoisotopic (exact) mass is 328 g/mol. The van der Waals surface area contributed by atoms with E-state index >= 15 is 0 Å². The van der Waals surface area contributed by atoms with Gasteiger partial charge in [-0.1, -0.05) is 30.3 Å². The first kappa shape index (κ1) is 15.4. The number of aromatic nitrogens is 3. The summed E-state index contributed by atoms with van der Waals surface area (Å²) in [6.07, 6.45) is 4.40. The average molecular weight is 328 g/mol. The summed E-state index contributed by atoms with van der Waals surface area (Å²) < 4.78 is 23.5. The molecule has 2 heterocycles. The number of benzene rings is 1. The molecular weight excluding hydrogens is 312 g/mol. The molecule has 6 nitrogen and oxygen atoms in total. The van der Waals surface area contributed by atoms with Crippen molar-refractivity contribution in [1.29, 1.82) is 0 Å². The largest absolute Gasteiger partial charge is 0.362 e. The zero-order chi connectivity index (χ0) is 16.3. The third-order valence-electron chi connectivity index (χ3n) is 3.33. The Morgan fingerprint density at radius 2 is 1.78 bits per heavy atom. The highest BCUT2D eigenvalue weighted by atomic mass is 32.2. The predicted octanol–water partition coefficient (Wildman–Crippen LogP) is 2.22. The van der Waals surface area contributed by atoms with Crippen molar-refractivity contribution in [2.75, 3.05) is 17.3 Å². The van der Waals surface area contributed by atoms with Crippen molar-refractivity contribution in [3.05, 3.63) is 60.4 Å². The summed E-state index contributed by atoms with van der Waals surface area (Å²) in [6.45, 7) is 0. The first-order valence-corrected chi connectivity index (χ1v) is 9.14. The normalized spacial score (nSPS) is 12.9. The number of hydrogen-bond donors (Lipinski definition) is 1. The molecule has 0 fully saturated rings. The minimum atomic E-state index is -3.15. The van der Waals surface area contributed by atoms with Gasteiger partial charge in [-0.3, -0.25) is 4.98 Å². The molecule has 3 rings (SSSR count). The lowest BCUT2D eigenvalue weighted by Gasteiger charge is -2.19. The van der Waals surface area contributed by atoms with Gasteiger partial charge in [-0.25, -0.2) is 18.4 Å². The number of sulfone groups is 1. The number of pyridine rings is 1. The fraction of sp³-hybridized carbons (Fsp3) is 0.188. The Bertz CT molecular complexity index is 914. The SMILES string of the molecule is CS(=O)(=O)C[C@@H](Nc1ccc2nccnc2n1)c1ccccc1. The topological polar surface area (TPSA) is 84.8 Å². The third-order valence-corrected chi connectivity index (χ3v) is 4.26. The Balaban J connectivity index is 1.93. The fourth-order valence-electron chi connectivity index (χ4n) is 2.32. The molecule has 7 heteroatoms. The fourth-order valence-corrected chi connectivity index (χ4v) is 3.20. The van der Waals surface area contributed by atoms with Crippen molar-refractivity contribution in [2.45, 2.75) is 6.04 Å². The average Bonchev–Trinajstić information content (AvgIpc) is 2.54. The van der Waals surface area contributed by atoms with Crippen molar-refractivity contribution in [1.82, 2.24) is 15.0 Å². The Morgan fingerprint density at radius 3 is 2.52 bits per heavy atom. The smallest absolute Gasteiger partial charge is 0.180 e. The highest BCUT2D eigenvalue weighted by Gasteiger charge is 2.18. The van der Waals surface area contributed by atoms with Crippen LogP contribution in [0.5, 0.6) is 0 Å². The molecule has 0 unspecified atom stereocenters. The molecule has 0 aliphatic rings. The number of nitrogens with zero attached hydrogens (tertiary/aromatic N) is 3. The predicted molar refractivity (Wildman–Crippen MR) is 89.8 cm³/mol. The molecule has 1 atom stereocenters. The van der Waals surface area contributed by atoms with E-state index in [1.807, 2.05) is 30.3 Å². The Morgan fingerprint density at radius 1 is 1.04 bits per heavy atom. The van der Waals surface area contributed by atoms with E-state index in [9.17, 15) is 8.42 Å². The van der Waals surface area contributed by atoms with Gasteiger partial charge in [-0.2, -0.15) is 0 Å². The van der Waals surface area contributed by atoms with Crippen LogP contribution < -0.4 is 5.32 Å². The van der Waals surface area contributed by atoms with Crippen LogP contribution >= 0.6 is 0 Å². The van der Waals surface area contributed by atoms with Crippen LogP contribution in [0.15, 0.2) is 54.9 Å². The van der Waals surface area contributed by atoms with Crippen molar-refractivity contribution in [2.24, 2.45) is 0 Å². The second-order valence-electron chi connectivity index (χ2n) is 5.30. The molecule has 118 valence electrons. The molecule has 0 bridgehead atoms. The number of rotatable bonds is 5. The van der Waals surface area contributed by atoms with Crippen molar-refractivity contribution >= 4 is 26.8 Å². The van der Waals surface area contributed by atoms with Gasteiger partial charge < -0.3 is 5.32 Å². The zero-order valence-electron chi connectivity index (χ0n) is 12.5. The van der Waals surface area contributed by atoms with E-state index in [1.54, 1.807) is 24.5 Å². The first-order valence-electron chi connectivity index (χ1n) is 7.08. The second kappa shape index (κ2) is 6.29. The van der Waals surface area contributed by atoms with Crippen LogP contribution in [0.3, 0.4) is 0 Å². The highest BCUT2D eigenvalue weighted by Crippen LogP contribution is 2.21. The quantitative estimate of drug-likeness (QED) is 0.773. The van der Waals surface area contributed by atoms with E-state index in [2.05, 4.69) is 20.3 Å². The summed E-state index contributed by atoms with van der Waals surface area (Å²) in [5.41, 5.74) is 2.10. The first-order chi connectivity index (χ1) is 11.0. The van der Waals surface area contributed by atoms with Gasteiger partial charge >= 0.3 is 0 Å². The van der Waals surface area contributed by atoms with Gasteiger partial charge in [0.25, 0.3) is 0 Å². The molecule has 0 aliphatic heterocycles. The van der Waals surface area contributed by atoms with E-state index < -0.39 is 9.84 Å². The van der Waals surface area contributed by atoms with Crippen LogP contribution in [0.2, 0.25) is 0 Å². The minimum absolute atomic E-state index is 0.0167. The van der Waals surface area contributed by atoms with Crippen molar-refractivity contribution in [3.8, 4) is 0 Å². The van der Waals surface area contributed by atoms with Crippen LogP contribution in [-0.4, -0.2) is 35.4 Å². The molecular formula is C16H16N4O2S. The zero-order valence-corrected chi connectivity index (χ0v) is 13.4. The van der Waals surface area contributed by atoms with Crippen LogP contribution in [0.4, 0.5) is 5.82 Å². The van der Waals surface area contributed by atoms with Gasteiger partial charge in [0.2, 0.25) is 0 Å². The van der Waals surface area contributed by atoms with Crippen molar-refractivity contribution in [3.63, 3.8) is 0 Å². The van der Waals surface area contributed by atoms with E-state index in [0.29, 0.717) is 17.0 Å². The van der Waals surface area contributed by atoms with Gasteiger partial charge in [-0.15, -0.1) is 0 Å². The van der Waals surface area contributed by atoms with Crippen LogP contribution in [-0.2, 0) is 9.84 Å². The minimum Gasteiger partial charge on any atom is -0.362 e. The second-order valence-corrected chi connectivity index (χ2v) is 7.48. The molecule has 0 amide bonds. The lowest BCUT2D eigenvalue weighted by atomic mass is 10.1. The van der Waals surface area contributed by atoms with Gasteiger partial charge in [0, 0.05) is 18.6 Å². The maximum Gasteiger partial charge on any atom is 0.180 e. The number of anilines is 1. The molecule has 23 heavy (non-hydrogen) atoms. The van der Waals surface area contributed by atoms with Gasteiger partial charge in [0.15, 0.2) is 5.65 Å². The maximum atomic E-state index is 11.7. The molecule has 0 spiro atoms. The molecule has 0 radical (unpaired) electrons. The molecule has 0 saturated carbocycles. The van der Waals surface area contributed by atoms with Crippen LogP contribution in [0.1, 0.15) is 11.6 Å². The van der Waals surface area contributed by atoms with Gasteiger partial charge in [0.05, 0.1) is 11.8 Å². The Kier molecular flexibility index (Phi) is 4.20. The summed E-state index contributed by atoms with van der Waals surface area (Å²) >= 11 is 0. The molecule has 0 aliphatic carbocycles. The molecule has 2 aromatic heterocycles. The summed E-state index contributed by atoms with van der Waals surface area (Å²) in [5, 5.41) is 3.19. The van der Waals surface area contributed by atoms with Gasteiger partial charge in [-0.05, 0) is 17.7 Å². The third kappa shape index (κ3) is 4.01. The number of hydrogen-bond acceptors (Lipinski definition) is 6.